The van der Waals surface area contributed by atoms with Crippen LogP contribution in [0.2, 0.25) is 0 Å². The smallest absolute Gasteiger partial charge is 0.131 e. The van der Waals surface area contributed by atoms with E-state index in [-0.39, 0.29) is 0 Å². The SMILES string of the molecule is COc1ccc(C[NH+]2CCC[NH+](C)CC2)c(OC)c1. The molecular formula is C15H26N2O2+2. The number of quaternary nitrogens is 2. The lowest BCUT2D eigenvalue weighted by molar-refractivity contribution is -0.938. The van der Waals surface area contributed by atoms with Crippen molar-refractivity contribution in [2.24, 2.45) is 0 Å². The van der Waals surface area contributed by atoms with Gasteiger partial charge in [-0.3, -0.25) is 0 Å². The second-order valence-electron chi connectivity index (χ2n) is 5.42. The summed E-state index contributed by atoms with van der Waals surface area (Å²) < 4.78 is 10.7. The second kappa shape index (κ2) is 6.78. The summed E-state index contributed by atoms with van der Waals surface area (Å²) in [6.07, 6.45) is 1.31. The fourth-order valence-corrected chi connectivity index (χ4v) is 2.72. The molecule has 2 unspecified atom stereocenters. The quantitative estimate of drug-likeness (QED) is 0.732. The largest absolute Gasteiger partial charge is 0.497 e. The Morgan fingerprint density at radius 1 is 1.05 bits per heavy atom. The average Bonchev–Trinajstić information content (AvgIpc) is 2.64. The Morgan fingerprint density at radius 2 is 1.89 bits per heavy atom. The van der Waals surface area contributed by atoms with Crippen LogP contribution in [0.1, 0.15) is 12.0 Å². The molecule has 1 saturated heterocycles. The third-order valence-corrected chi connectivity index (χ3v) is 3.97. The van der Waals surface area contributed by atoms with E-state index in [4.69, 9.17) is 9.47 Å². The van der Waals surface area contributed by atoms with Crippen molar-refractivity contribution in [2.45, 2.75) is 13.0 Å². The lowest BCUT2D eigenvalue weighted by Gasteiger charge is -2.18. The summed E-state index contributed by atoms with van der Waals surface area (Å²) in [6, 6.07) is 6.13. The van der Waals surface area contributed by atoms with E-state index in [1.54, 1.807) is 24.0 Å². The minimum Gasteiger partial charge on any atom is -0.497 e. The van der Waals surface area contributed by atoms with Crippen LogP contribution in [-0.2, 0) is 6.54 Å². The molecule has 1 aliphatic heterocycles. The molecule has 1 aromatic rings. The molecule has 1 fully saturated rings. The summed E-state index contributed by atoms with van der Waals surface area (Å²) >= 11 is 0. The van der Waals surface area contributed by atoms with Gasteiger partial charge in [0, 0.05) is 18.1 Å². The lowest BCUT2D eigenvalue weighted by atomic mass is 10.1. The molecule has 1 aromatic carbocycles. The minimum absolute atomic E-state index is 0.857. The zero-order valence-electron chi connectivity index (χ0n) is 12.3. The maximum Gasteiger partial charge on any atom is 0.131 e. The summed E-state index contributed by atoms with van der Waals surface area (Å²) in [5.41, 5.74) is 1.28. The Bertz CT molecular complexity index is 409. The van der Waals surface area contributed by atoms with Gasteiger partial charge in [-0.1, -0.05) is 0 Å². The molecule has 4 nitrogen and oxygen atoms in total. The van der Waals surface area contributed by atoms with Gasteiger partial charge in [-0.05, 0) is 12.1 Å². The predicted octanol–water partition coefficient (Wildman–Crippen LogP) is -0.993. The summed E-state index contributed by atoms with van der Waals surface area (Å²) in [7, 11) is 5.71. The monoisotopic (exact) mass is 266 g/mol. The first kappa shape index (κ1) is 14.2. The van der Waals surface area contributed by atoms with E-state index < -0.39 is 0 Å². The molecule has 106 valence electrons. The summed E-state index contributed by atoms with van der Waals surface area (Å²) in [5.74, 6) is 1.80. The molecule has 0 aromatic heterocycles. The van der Waals surface area contributed by atoms with Crippen molar-refractivity contribution >= 4 is 0 Å². The maximum absolute atomic E-state index is 5.48. The predicted molar refractivity (Wildman–Crippen MR) is 75.2 cm³/mol. The van der Waals surface area contributed by atoms with Gasteiger partial charge in [0.15, 0.2) is 0 Å². The lowest BCUT2D eigenvalue weighted by Crippen LogP contribution is -3.15. The highest BCUT2D eigenvalue weighted by Crippen LogP contribution is 2.23. The van der Waals surface area contributed by atoms with Gasteiger partial charge in [0.2, 0.25) is 0 Å². The van der Waals surface area contributed by atoms with Gasteiger partial charge in [0.25, 0.3) is 0 Å². The van der Waals surface area contributed by atoms with Gasteiger partial charge in [-0.25, -0.2) is 0 Å². The molecule has 0 spiro atoms. The molecule has 0 radical (unpaired) electrons. The van der Waals surface area contributed by atoms with Crippen LogP contribution in [0, 0.1) is 0 Å². The van der Waals surface area contributed by atoms with Crippen LogP contribution < -0.4 is 19.3 Å². The number of hydrogen-bond acceptors (Lipinski definition) is 2. The number of hydrogen-bond donors (Lipinski definition) is 2. The van der Waals surface area contributed by atoms with Crippen LogP contribution in [0.25, 0.3) is 0 Å². The molecular weight excluding hydrogens is 240 g/mol. The van der Waals surface area contributed by atoms with E-state index in [0.717, 1.165) is 18.0 Å². The zero-order valence-corrected chi connectivity index (χ0v) is 12.3. The van der Waals surface area contributed by atoms with Gasteiger partial charge in [-0.2, -0.15) is 0 Å². The first-order valence-electron chi connectivity index (χ1n) is 7.08. The summed E-state index contributed by atoms with van der Waals surface area (Å²) in [5, 5.41) is 0. The van der Waals surface area contributed by atoms with Crippen molar-refractivity contribution in [3.05, 3.63) is 23.8 Å². The number of methoxy groups -OCH3 is 2. The fraction of sp³-hybridized carbons (Fsp3) is 0.600. The number of likely N-dealkylation sites (N-methyl/N-ethyl adjacent to an activating group) is 1. The van der Waals surface area contributed by atoms with Gasteiger partial charge in [0.1, 0.15) is 31.1 Å². The molecule has 1 aliphatic rings. The van der Waals surface area contributed by atoms with Crippen molar-refractivity contribution in [3.63, 3.8) is 0 Å². The molecule has 0 amide bonds. The van der Waals surface area contributed by atoms with E-state index in [9.17, 15) is 0 Å². The molecule has 19 heavy (non-hydrogen) atoms. The van der Waals surface area contributed by atoms with E-state index in [1.165, 1.54) is 38.2 Å². The van der Waals surface area contributed by atoms with Crippen molar-refractivity contribution < 1.29 is 19.3 Å². The topological polar surface area (TPSA) is 27.3 Å². The maximum atomic E-state index is 5.48. The van der Waals surface area contributed by atoms with E-state index >= 15 is 0 Å². The highest BCUT2D eigenvalue weighted by atomic mass is 16.5. The third-order valence-electron chi connectivity index (χ3n) is 3.97. The van der Waals surface area contributed by atoms with Crippen molar-refractivity contribution in [1.82, 2.24) is 0 Å². The molecule has 2 rings (SSSR count). The Labute approximate surface area is 115 Å². The Kier molecular flexibility index (Phi) is 5.05. The highest BCUT2D eigenvalue weighted by Gasteiger charge is 2.19. The first-order chi connectivity index (χ1) is 9.22. The highest BCUT2D eigenvalue weighted by molar-refractivity contribution is 5.40. The van der Waals surface area contributed by atoms with Gasteiger partial charge < -0.3 is 19.3 Å². The Hall–Kier alpha value is -1.26. The second-order valence-corrected chi connectivity index (χ2v) is 5.42. The zero-order chi connectivity index (χ0) is 13.7. The van der Waals surface area contributed by atoms with Gasteiger partial charge in [0.05, 0.1) is 34.4 Å². The molecule has 2 atom stereocenters. The Morgan fingerprint density at radius 3 is 2.63 bits per heavy atom. The number of ether oxygens (including phenoxy) is 2. The molecule has 2 N–H and O–H groups in total. The van der Waals surface area contributed by atoms with Crippen molar-refractivity contribution in [2.75, 3.05) is 47.4 Å². The van der Waals surface area contributed by atoms with E-state index in [1.807, 2.05) is 12.1 Å². The number of nitrogens with one attached hydrogen (secondary N) is 2. The molecule has 0 saturated carbocycles. The standard InChI is InChI=1S/C15H24N2O2/c1-16-7-4-8-17(10-9-16)12-13-5-6-14(18-2)11-15(13)19-3/h5-6,11H,4,7-10,12H2,1-3H3/p+2. The third kappa shape index (κ3) is 3.85. The molecule has 0 aliphatic carbocycles. The fourth-order valence-electron chi connectivity index (χ4n) is 2.72. The van der Waals surface area contributed by atoms with Crippen LogP contribution in [0.15, 0.2) is 18.2 Å². The van der Waals surface area contributed by atoms with Crippen molar-refractivity contribution in [1.29, 1.82) is 0 Å². The average molecular weight is 266 g/mol. The number of rotatable bonds is 4. The van der Waals surface area contributed by atoms with Gasteiger partial charge >= 0.3 is 0 Å². The van der Waals surface area contributed by atoms with E-state index in [2.05, 4.69) is 13.1 Å². The summed E-state index contributed by atoms with van der Waals surface area (Å²) in [6.45, 7) is 6.09. The normalized spacial score (nSPS) is 23.7. The number of benzene rings is 1. The van der Waals surface area contributed by atoms with Crippen LogP contribution >= 0.6 is 0 Å². The van der Waals surface area contributed by atoms with Crippen LogP contribution in [0.4, 0.5) is 0 Å². The van der Waals surface area contributed by atoms with Crippen LogP contribution in [0.5, 0.6) is 11.5 Å². The van der Waals surface area contributed by atoms with Gasteiger partial charge in [-0.15, -0.1) is 0 Å². The Balaban J connectivity index is 2.05. The molecule has 0 bridgehead atoms. The molecule has 4 heteroatoms. The van der Waals surface area contributed by atoms with Crippen LogP contribution in [0.3, 0.4) is 0 Å². The van der Waals surface area contributed by atoms with Crippen molar-refractivity contribution in [3.8, 4) is 11.5 Å². The first-order valence-corrected chi connectivity index (χ1v) is 7.08. The van der Waals surface area contributed by atoms with Crippen LogP contribution in [-0.4, -0.2) is 47.4 Å². The minimum atomic E-state index is 0.857. The summed E-state index contributed by atoms with van der Waals surface area (Å²) in [4.78, 5) is 3.30. The molecule has 1 heterocycles. The van der Waals surface area contributed by atoms with E-state index in [0.29, 0.717) is 0 Å².